The van der Waals surface area contributed by atoms with E-state index in [2.05, 4.69) is 15.5 Å². The summed E-state index contributed by atoms with van der Waals surface area (Å²) in [4.78, 5) is 12.6. The summed E-state index contributed by atoms with van der Waals surface area (Å²) >= 11 is 0. The lowest BCUT2D eigenvalue weighted by Gasteiger charge is -2.48. The van der Waals surface area contributed by atoms with Gasteiger partial charge >= 0.3 is 0 Å². The van der Waals surface area contributed by atoms with Gasteiger partial charge in [-0.2, -0.15) is 0 Å². The number of hydrogen-bond donors (Lipinski definition) is 2. The highest BCUT2D eigenvalue weighted by molar-refractivity contribution is 5.17. The number of fused-ring (bicyclic) bond motifs is 2. The van der Waals surface area contributed by atoms with Crippen LogP contribution < -0.4 is 10.6 Å². The number of piperidine rings is 1. The topological polar surface area (TPSA) is 79.7 Å². The Kier molecular flexibility index (Phi) is 5.50. The molecule has 2 saturated heterocycles. The number of ether oxygens (including phenoxy) is 1. The Bertz CT molecular complexity index is 623. The zero-order valence-electron chi connectivity index (χ0n) is 14.2. The molecule has 0 amide bonds. The monoisotopic (exact) mass is 350 g/mol. The molecule has 2 aliphatic rings. The summed E-state index contributed by atoms with van der Waals surface area (Å²) in [6, 6.07) is 7.23. The number of hydrogen-bond acceptors (Lipinski definition) is 6. The second-order valence-corrected chi connectivity index (χ2v) is 6.53. The van der Waals surface area contributed by atoms with E-state index in [0.29, 0.717) is 19.0 Å². The minimum Gasteiger partial charge on any atom is -0.378 e. The molecule has 2 heterocycles. The van der Waals surface area contributed by atoms with Gasteiger partial charge in [-0.1, -0.05) is 12.1 Å². The number of morpholine rings is 1. The van der Waals surface area contributed by atoms with Crippen LogP contribution in [-0.2, 0) is 11.3 Å². The number of nitrogens with zero attached hydrogens (tertiary/aromatic N) is 2. The van der Waals surface area contributed by atoms with Gasteiger partial charge in [-0.15, -0.1) is 0 Å². The van der Waals surface area contributed by atoms with Crippen molar-refractivity contribution >= 4 is 0 Å². The normalized spacial score (nSPS) is 27.0. The molecule has 0 aliphatic carbocycles. The van der Waals surface area contributed by atoms with Crippen molar-refractivity contribution in [3.05, 3.63) is 57.8 Å². The van der Waals surface area contributed by atoms with E-state index in [0.717, 1.165) is 31.1 Å². The van der Waals surface area contributed by atoms with Gasteiger partial charge in [-0.3, -0.25) is 15.0 Å². The summed E-state index contributed by atoms with van der Waals surface area (Å²) in [5.41, 5.74) is 1.08. The highest BCUT2D eigenvalue weighted by Crippen LogP contribution is 2.29. The highest BCUT2D eigenvalue weighted by Gasteiger charge is 2.39. The fourth-order valence-corrected chi connectivity index (χ4v) is 3.67. The summed E-state index contributed by atoms with van der Waals surface area (Å²) < 4.78 is 18.8. The number of benzene rings is 1. The van der Waals surface area contributed by atoms with Crippen LogP contribution in [0.4, 0.5) is 4.39 Å². The Morgan fingerprint density at radius 1 is 1.36 bits per heavy atom. The highest BCUT2D eigenvalue weighted by atomic mass is 19.1. The van der Waals surface area contributed by atoms with Crippen molar-refractivity contribution in [1.82, 2.24) is 15.5 Å². The molecule has 1 aromatic carbocycles. The third-order valence-corrected chi connectivity index (χ3v) is 4.81. The van der Waals surface area contributed by atoms with E-state index >= 15 is 0 Å². The minimum atomic E-state index is -0.466. The molecule has 7 nitrogen and oxygen atoms in total. The first kappa shape index (κ1) is 17.6. The van der Waals surface area contributed by atoms with Crippen molar-refractivity contribution in [2.24, 2.45) is 0 Å². The fraction of sp³-hybridized carbons (Fsp3) is 0.529. The van der Waals surface area contributed by atoms with Gasteiger partial charge in [-0.25, -0.2) is 4.39 Å². The molecule has 1 aromatic rings. The molecule has 2 N–H and O–H groups in total. The van der Waals surface area contributed by atoms with E-state index in [1.54, 1.807) is 7.05 Å². The molecule has 25 heavy (non-hydrogen) atoms. The minimum absolute atomic E-state index is 0.155. The molecule has 2 aliphatic heterocycles. The third kappa shape index (κ3) is 4.46. The maximum absolute atomic E-state index is 13.1. The summed E-state index contributed by atoms with van der Waals surface area (Å²) in [7, 11) is 1.66. The van der Waals surface area contributed by atoms with Crippen LogP contribution in [0.1, 0.15) is 18.4 Å². The maximum Gasteiger partial charge on any atom is 0.274 e. The van der Waals surface area contributed by atoms with E-state index in [1.807, 2.05) is 12.1 Å². The molecule has 3 rings (SSSR count). The summed E-state index contributed by atoms with van der Waals surface area (Å²) in [5.74, 6) is 0.188. The molecule has 0 spiro atoms. The van der Waals surface area contributed by atoms with Gasteiger partial charge < -0.3 is 15.4 Å². The molecule has 8 heteroatoms. The van der Waals surface area contributed by atoms with Crippen LogP contribution in [-0.4, -0.2) is 48.2 Å². The zero-order valence-corrected chi connectivity index (χ0v) is 14.2. The van der Waals surface area contributed by atoms with Gasteiger partial charge in [0.15, 0.2) is 5.82 Å². The molecule has 0 aromatic heterocycles. The van der Waals surface area contributed by atoms with Crippen LogP contribution in [0.25, 0.3) is 0 Å². The Balaban J connectivity index is 1.66. The maximum atomic E-state index is 13.1. The second kappa shape index (κ2) is 7.79. The SMILES string of the molecule is CNC(=C[N+](=O)[O-])NC1CC2COCC(C1)N2Cc1ccc(F)cc1. The summed E-state index contributed by atoms with van der Waals surface area (Å²) in [6.45, 7) is 2.04. The Hall–Kier alpha value is -2.19. The Morgan fingerprint density at radius 3 is 2.56 bits per heavy atom. The Morgan fingerprint density at radius 2 is 2.00 bits per heavy atom. The smallest absolute Gasteiger partial charge is 0.274 e. The third-order valence-electron chi connectivity index (χ3n) is 4.81. The van der Waals surface area contributed by atoms with Crippen molar-refractivity contribution in [3.63, 3.8) is 0 Å². The van der Waals surface area contributed by atoms with E-state index in [1.165, 1.54) is 12.1 Å². The van der Waals surface area contributed by atoms with Crippen LogP contribution in [0.5, 0.6) is 0 Å². The predicted octanol–water partition coefficient (Wildman–Crippen LogP) is 1.44. The van der Waals surface area contributed by atoms with E-state index in [9.17, 15) is 14.5 Å². The van der Waals surface area contributed by atoms with E-state index in [4.69, 9.17) is 4.74 Å². The van der Waals surface area contributed by atoms with Crippen LogP contribution in [0.2, 0.25) is 0 Å². The number of halogens is 1. The van der Waals surface area contributed by atoms with E-state index in [-0.39, 0.29) is 23.9 Å². The van der Waals surface area contributed by atoms with Gasteiger partial charge in [0.1, 0.15) is 5.82 Å². The van der Waals surface area contributed by atoms with Crippen molar-refractivity contribution in [1.29, 1.82) is 0 Å². The molecule has 0 saturated carbocycles. The van der Waals surface area contributed by atoms with Crippen LogP contribution in [0.3, 0.4) is 0 Å². The van der Waals surface area contributed by atoms with Crippen molar-refractivity contribution in [3.8, 4) is 0 Å². The lowest BCUT2D eigenvalue weighted by atomic mass is 9.89. The van der Waals surface area contributed by atoms with Crippen LogP contribution >= 0.6 is 0 Å². The van der Waals surface area contributed by atoms with Crippen molar-refractivity contribution in [2.45, 2.75) is 37.5 Å². The first-order valence-electron chi connectivity index (χ1n) is 8.42. The van der Waals surface area contributed by atoms with Crippen LogP contribution in [0.15, 0.2) is 36.3 Å². The molecule has 2 bridgehead atoms. The van der Waals surface area contributed by atoms with Gasteiger partial charge in [0.25, 0.3) is 6.20 Å². The molecular weight excluding hydrogens is 327 g/mol. The lowest BCUT2D eigenvalue weighted by molar-refractivity contribution is -0.404. The molecule has 2 fully saturated rings. The molecule has 2 unspecified atom stereocenters. The fourth-order valence-electron chi connectivity index (χ4n) is 3.67. The van der Waals surface area contributed by atoms with Crippen molar-refractivity contribution < 1.29 is 14.1 Å². The van der Waals surface area contributed by atoms with E-state index < -0.39 is 4.92 Å². The lowest BCUT2D eigenvalue weighted by Crippen LogP contribution is -2.60. The Labute approximate surface area is 146 Å². The van der Waals surface area contributed by atoms with Gasteiger partial charge in [0, 0.05) is 31.7 Å². The second-order valence-electron chi connectivity index (χ2n) is 6.53. The number of rotatable bonds is 6. The first-order chi connectivity index (χ1) is 12.0. The quantitative estimate of drug-likeness (QED) is 0.597. The molecule has 0 radical (unpaired) electrons. The van der Waals surface area contributed by atoms with Gasteiger partial charge in [0.2, 0.25) is 0 Å². The largest absolute Gasteiger partial charge is 0.378 e. The summed E-state index contributed by atoms with van der Waals surface area (Å²) in [5, 5.41) is 16.7. The average Bonchev–Trinajstić information content (AvgIpc) is 2.56. The number of nitro groups is 1. The molecule has 136 valence electrons. The van der Waals surface area contributed by atoms with Crippen molar-refractivity contribution in [2.75, 3.05) is 20.3 Å². The standard InChI is InChI=1S/C17H23FN4O3/c1-19-17(9-22(23)24)20-14-6-15-10-25-11-16(7-14)21(15)8-12-2-4-13(18)5-3-12/h2-5,9,14-16,19-20H,6-8,10-11H2,1H3. The average molecular weight is 350 g/mol. The van der Waals surface area contributed by atoms with Gasteiger partial charge in [-0.05, 0) is 30.5 Å². The number of nitrogens with one attached hydrogen (secondary N) is 2. The summed E-state index contributed by atoms with van der Waals surface area (Å²) in [6.07, 6.45) is 2.64. The molecule has 2 atom stereocenters. The van der Waals surface area contributed by atoms with Crippen LogP contribution in [0, 0.1) is 15.9 Å². The van der Waals surface area contributed by atoms with Gasteiger partial charge in [0.05, 0.1) is 18.1 Å². The first-order valence-corrected chi connectivity index (χ1v) is 8.42. The molecular formula is C17H23FN4O3. The zero-order chi connectivity index (χ0) is 17.8. The predicted molar refractivity (Wildman–Crippen MR) is 90.6 cm³/mol.